The molecule has 3 N–H and O–H groups in total. The lowest BCUT2D eigenvalue weighted by Gasteiger charge is -2.13. The smallest absolute Gasteiger partial charge is 0.251 e. The van der Waals surface area contributed by atoms with Crippen LogP contribution in [0.2, 0.25) is 0 Å². The van der Waals surface area contributed by atoms with Crippen molar-refractivity contribution in [3.8, 4) is 0 Å². The Morgan fingerprint density at radius 1 is 1.14 bits per heavy atom. The largest absolute Gasteiger partial charge is 0.356 e. The van der Waals surface area contributed by atoms with Crippen LogP contribution in [0, 0.1) is 5.92 Å². The van der Waals surface area contributed by atoms with Crippen molar-refractivity contribution in [3.63, 3.8) is 0 Å². The van der Waals surface area contributed by atoms with E-state index in [1.807, 2.05) is 31.2 Å². The second kappa shape index (κ2) is 11.3. The Morgan fingerprint density at radius 3 is 2.27 bits per heavy atom. The molecule has 0 radical (unpaired) electrons. The summed E-state index contributed by atoms with van der Waals surface area (Å²) in [5.41, 5.74) is 1.79. The number of hydrogen-bond acceptors (Lipinski definition) is 2. The van der Waals surface area contributed by atoms with Gasteiger partial charge in [0, 0.05) is 32.2 Å². The molecule has 1 rings (SSSR count). The van der Waals surface area contributed by atoms with Gasteiger partial charge in [-0.25, -0.2) is 0 Å². The molecule has 0 aliphatic rings. The molecular formula is C16H27IN4O. The highest BCUT2D eigenvalue weighted by atomic mass is 127. The first kappa shape index (κ1) is 20.7. The maximum absolute atomic E-state index is 11.7. The lowest BCUT2D eigenvalue weighted by Crippen LogP contribution is -2.38. The Labute approximate surface area is 150 Å². The zero-order valence-corrected chi connectivity index (χ0v) is 16.1. The van der Waals surface area contributed by atoms with E-state index in [-0.39, 0.29) is 29.9 Å². The predicted molar refractivity (Wildman–Crippen MR) is 103 cm³/mol. The van der Waals surface area contributed by atoms with Gasteiger partial charge in [0.1, 0.15) is 0 Å². The van der Waals surface area contributed by atoms with Crippen molar-refractivity contribution < 1.29 is 4.79 Å². The molecule has 0 bridgehead atoms. The number of benzene rings is 1. The molecule has 0 heterocycles. The van der Waals surface area contributed by atoms with E-state index in [0.29, 0.717) is 24.6 Å². The molecule has 1 amide bonds. The molecule has 0 unspecified atom stereocenters. The second-order valence-corrected chi connectivity index (χ2v) is 5.26. The lowest BCUT2D eigenvalue weighted by atomic mass is 10.1. The standard InChI is InChI=1S/C16H26N4O.HI/c1-5-18-15(21)14-8-6-13(7-9-14)11-20-16(17-4)19-10-12(2)3;/h6-9,12H,5,10-11H2,1-4H3,(H,18,21)(H2,17,19,20);1H. The van der Waals surface area contributed by atoms with Crippen LogP contribution in [0.4, 0.5) is 0 Å². The summed E-state index contributed by atoms with van der Waals surface area (Å²) in [5.74, 6) is 1.32. The van der Waals surface area contributed by atoms with Crippen molar-refractivity contribution in [1.29, 1.82) is 0 Å². The molecule has 0 aromatic heterocycles. The van der Waals surface area contributed by atoms with Crippen LogP contribution in [0.1, 0.15) is 36.7 Å². The number of guanidine groups is 1. The minimum Gasteiger partial charge on any atom is -0.356 e. The van der Waals surface area contributed by atoms with Crippen LogP contribution in [-0.2, 0) is 6.54 Å². The summed E-state index contributed by atoms with van der Waals surface area (Å²) in [7, 11) is 1.76. The minimum absolute atomic E-state index is 0. The Bertz CT molecular complexity index is 472. The van der Waals surface area contributed by atoms with Gasteiger partial charge in [-0.05, 0) is 30.5 Å². The van der Waals surface area contributed by atoms with Gasteiger partial charge in [0.2, 0.25) is 0 Å². The molecule has 0 atom stereocenters. The third-order valence-corrected chi connectivity index (χ3v) is 2.91. The summed E-state index contributed by atoms with van der Waals surface area (Å²) in [6, 6.07) is 7.58. The number of carbonyl (C=O) groups excluding carboxylic acids is 1. The number of halogens is 1. The predicted octanol–water partition coefficient (Wildman–Crippen LogP) is 2.38. The average molecular weight is 418 g/mol. The van der Waals surface area contributed by atoms with E-state index in [1.165, 1.54) is 0 Å². The first-order chi connectivity index (χ1) is 10.1. The Hall–Kier alpha value is -1.31. The summed E-state index contributed by atoms with van der Waals surface area (Å²) in [6.07, 6.45) is 0. The number of nitrogens with zero attached hydrogens (tertiary/aromatic N) is 1. The van der Waals surface area contributed by atoms with Crippen molar-refractivity contribution in [2.75, 3.05) is 20.1 Å². The average Bonchev–Trinajstić information content (AvgIpc) is 2.48. The molecule has 0 spiro atoms. The normalized spacial score (nSPS) is 10.9. The summed E-state index contributed by atoms with van der Waals surface area (Å²) in [6.45, 7) is 8.41. The van der Waals surface area contributed by atoms with Gasteiger partial charge in [-0.2, -0.15) is 0 Å². The fraction of sp³-hybridized carbons (Fsp3) is 0.500. The Morgan fingerprint density at radius 2 is 1.77 bits per heavy atom. The lowest BCUT2D eigenvalue weighted by molar-refractivity contribution is 0.0956. The molecule has 0 saturated carbocycles. The van der Waals surface area contributed by atoms with Crippen LogP contribution in [0.25, 0.3) is 0 Å². The van der Waals surface area contributed by atoms with E-state index < -0.39 is 0 Å². The highest BCUT2D eigenvalue weighted by Gasteiger charge is 2.04. The molecule has 0 aliphatic carbocycles. The monoisotopic (exact) mass is 418 g/mol. The van der Waals surface area contributed by atoms with E-state index in [9.17, 15) is 4.79 Å². The van der Waals surface area contributed by atoms with E-state index in [0.717, 1.165) is 18.1 Å². The summed E-state index contributed by atoms with van der Waals surface area (Å²) >= 11 is 0. The summed E-state index contributed by atoms with van der Waals surface area (Å²) < 4.78 is 0. The molecule has 0 fully saturated rings. The van der Waals surface area contributed by atoms with Crippen molar-refractivity contribution in [1.82, 2.24) is 16.0 Å². The van der Waals surface area contributed by atoms with Gasteiger partial charge in [-0.1, -0.05) is 26.0 Å². The van der Waals surface area contributed by atoms with Gasteiger partial charge < -0.3 is 16.0 Å². The topological polar surface area (TPSA) is 65.5 Å². The Balaban J connectivity index is 0.00000441. The third-order valence-electron chi connectivity index (χ3n) is 2.91. The van der Waals surface area contributed by atoms with Crippen LogP contribution in [0.5, 0.6) is 0 Å². The first-order valence-corrected chi connectivity index (χ1v) is 7.38. The van der Waals surface area contributed by atoms with Crippen LogP contribution >= 0.6 is 24.0 Å². The van der Waals surface area contributed by atoms with Gasteiger partial charge in [0.05, 0.1) is 0 Å². The van der Waals surface area contributed by atoms with Gasteiger partial charge >= 0.3 is 0 Å². The molecule has 1 aromatic rings. The second-order valence-electron chi connectivity index (χ2n) is 5.26. The quantitative estimate of drug-likeness (QED) is 0.378. The number of hydrogen-bond donors (Lipinski definition) is 3. The molecule has 0 aliphatic heterocycles. The highest BCUT2D eigenvalue weighted by molar-refractivity contribution is 14.0. The number of amides is 1. The fourth-order valence-corrected chi connectivity index (χ4v) is 1.74. The SMILES string of the molecule is CCNC(=O)c1ccc(CNC(=NC)NCC(C)C)cc1.I. The van der Waals surface area contributed by atoms with E-state index >= 15 is 0 Å². The summed E-state index contributed by atoms with van der Waals surface area (Å²) in [4.78, 5) is 15.8. The third kappa shape index (κ3) is 7.63. The molecular weight excluding hydrogens is 391 g/mol. The van der Waals surface area contributed by atoms with E-state index in [4.69, 9.17) is 0 Å². The summed E-state index contributed by atoms with van der Waals surface area (Å²) in [5, 5.41) is 9.30. The van der Waals surface area contributed by atoms with Crippen molar-refractivity contribution in [2.45, 2.75) is 27.3 Å². The van der Waals surface area contributed by atoms with Crippen LogP contribution in [0.15, 0.2) is 29.3 Å². The molecule has 0 saturated heterocycles. The van der Waals surface area contributed by atoms with Gasteiger partial charge in [0.15, 0.2) is 5.96 Å². The molecule has 5 nitrogen and oxygen atoms in total. The molecule has 22 heavy (non-hydrogen) atoms. The zero-order chi connectivity index (χ0) is 15.7. The number of carbonyl (C=O) groups is 1. The maximum Gasteiger partial charge on any atom is 0.251 e. The van der Waals surface area contributed by atoms with Crippen LogP contribution in [0.3, 0.4) is 0 Å². The van der Waals surface area contributed by atoms with Crippen LogP contribution in [-0.4, -0.2) is 32.0 Å². The van der Waals surface area contributed by atoms with Crippen molar-refractivity contribution in [2.24, 2.45) is 10.9 Å². The minimum atomic E-state index is -0.0357. The van der Waals surface area contributed by atoms with Gasteiger partial charge in [0.25, 0.3) is 5.91 Å². The van der Waals surface area contributed by atoms with Gasteiger partial charge in [-0.3, -0.25) is 9.79 Å². The number of rotatable bonds is 6. The number of nitrogens with one attached hydrogen (secondary N) is 3. The highest BCUT2D eigenvalue weighted by Crippen LogP contribution is 2.04. The molecule has 6 heteroatoms. The van der Waals surface area contributed by atoms with Crippen molar-refractivity contribution >= 4 is 35.8 Å². The maximum atomic E-state index is 11.7. The van der Waals surface area contributed by atoms with Crippen molar-refractivity contribution in [3.05, 3.63) is 35.4 Å². The van der Waals surface area contributed by atoms with Crippen LogP contribution < -0.4 is 16.0 Å². The molecule has 1 aromatic carbocycles. The zero-order valence-electron chi connectivity index (χ0n) is 13.8. The first-order valence-electron chi connectivity index (χ1n) is 7.38. The van der Waals surface area contributed by atoms with E-state index in [1.54, 1.807) is 7.05 Å². The Kier molecular flexibility index (Phi) is 10.6. The van der Waals surface area contributed by atoms with E-state index in [2.05, 4.69) is 34.8 Å². The fourth-order valence-electron chi connectivity index (χ4n) is 1.74. The molecule has 124 valence electrons. The number of aliphatic imine (C=N–C) groups is 1. The van der Waals surface area contributed by atoms with Gasteiger partial charge in [-0.15, -0.1) is 24.0 Å².